The van der Waals surface area contributed by atoms with Crippen LogP contribution in [0.3, 0.4) is 0 Å². The Balaban J connectivity index is 1.32. The molecule has 1 heterocycles. The van der Waals surface area contributed by atoms with Gasteiger partial charge in [-0.25, -0.2) is 0 Å². The van der Waals surface area contributed by atoms with Gasteiger partial charge < -0.3 is 19.5 Å². The summed E-state index contributed by atoms with van der Waals surface area (Å²) < 4.78 is 16.2. The Morgan fingerprint density at radius 1 is 1.03 bits per heavy atom. The van der Waals surface area contributed by atoms with Crippen molar-refractivity contribution in [3.05, 3.63) is 59.7 Å². The van der Waals surface area contributed by atoms with E-state index in [-0.39, 0.29) is 31.3 Å². The van der Waals surface area contributed by atoms with Crippen LogP contribution in [-0.4, -0.2) is 43.5 Å². The third kappa shape index (κ3) is 6.07. The summed E-state index contributed by atoms with van der Waals surface area (Å²) in [6, 6.07) is 14.4. The van der Waals surface area contributed by atoms with Crippen LogP contribution in [0.4, 0.5) is 0 Å². The number of Topliss-reactive ketones (excluding diaryl/α,β-unsaturated/α-hetero) is 1. The van der Waals surface area contributed by atoms with Crippen molar-refractivity contribution >= 4 is 17.7 Å². The van der Waals surface area contributed by atoms with Crippen LogP contribution >= 0.6 is 0 Å². The lowest BCUT2D eigenvalue weighted by Gasteiger charge is -2.26. The number of esters is 1. The average molecular weight is 397 g/mol. The van der Waals surface area contributed by atoms with Gasteiger partial charge >= 0.3 is 5.97 Å². The van der Waals surface area contributed by atoms with Crippen LogP contribution in [0.15, 0.2) is 48.5 Å². The first-order chi connectivity index (χ1) is 14.0. The van der Waals surface area contributed by atoms with Crippen molar-refractivity contribution in [2.24, 2.45) is 0 Å². The highest BCUT2D eigenvalue weighted by atomic mass is 16.6. The van der Waals surface area contributed by atoms with Crippen LogP contribution in [0.1, 0.15) is 28.8 Å². The number of nitrogens with one attached hydrogen (secondary N) is 1. The highest BCUT2D eigenvalue weighted by Crippen LogP contribution is 2.30. The van der Waals surface area contributed by atoms with Crippen molar-refractivity contribution in [3.8, 4) is 11.5 Å². The zero-order chi connectivity index (χ0) is 20.6. The number of aryl methyl sites for hydroxylation is 1. The molecule has 2 aromatic rings. The third-order valence-electron chi connectivity index (χ3n) is 4.39. The summed E-state index contributed by atoms with van der Waals surface area (Å²) >= 11 is 0. The van der Waals surface area contributed by atoms with Crippen molar-refractivity contribution < 1.29 is 28.6 Å². The van der Waals surface area contributed by atoms with Gasteiger partial charge in [-0.05, 0) is 19.1 Å². The van der Waals surface area contributed by atoms with E-state index < -0.39 is 18.5 Å². The summed E-state index contributed by atoms with van der Waals surface area (Å²) in [6.07, 6.45) is -0.358. The van der Waals surface area contributed by atoms with Gasteiger partial charge in [-0.2, -0.15) is 0 Å². The second kappa shape index (κ2) is 9.73. The maximum Gasteiger partial charge on any atom is 0.306 e. The Morgan fingerprint density at radius 2 is 1.76 bits per heavy atom. The minimum absolute atomic E-state index is 0.0379. The number of ether oxygens (including phenoxy) is 3. The Bertz CT molecular complexity index is 877. The normalized spacial score (nSPS) is 14.7. The lowest BCUT2D eigenvalue weighted by molar-refractivity contribution is -0.148. The minimum Gasteiger partial charge on any atom is -0.486 e. The fraction of sp³-hybridized carbons (Fsp3) is 0.318. The predicted octanol–water partition coefficient (Wildman–Crippen LogP) is 2.46. The molecular formula is C22H23NO6. The van der Waals surface area contributed by atoms with Crippen LogP contribution in [0.2, 0.25) is 0 Å². The van der Waals surface area contributed by atoms with E-state index in [0.717, 1.165) is 5.56 Å². The summed E-state index contributed by atoms with van der Waals surface area (Å²) in [4.78, 5) is 35.7. The fourth-order valence-corrected chi connectivity index (χ4v) is 2.76. The number of hydrogen-bond donors (Lipinski definition) is 1. The van der Waals surface area contributed by atoms with Gasteiger partial charge in [0.2, 0.25) is 0 Å². The summed E-state index contributed by atoms with van der Waals surface area (Å²) in [7, 11) is 0. The van der Waals surface area contributed by atoms with Gasteiger partial charge in [0.1, 0.15) is 12.7 Å². The SMILES string of the molecule is Cc1ccc(C(=O)CCC(=O)OCC(=O)NC[C@@H]2COc3ccccc3O2)cc1. The molecule has 0 spiro atoms. The largest absolute Gasteiger partial charge is 0.486 e. The molecule has 152 valence electrons. The number of carbonyl (C=O) groups is 3. The lowest BCUT2D eigenvalue weighted by atomic mass is 10.1. The Morgan fingerprint density at radius 3 is 2.52 bits per heavy atom. The summed E-state index contributed by atoms with van der Waals surface area (Å²) in [6.45, 7) is 2.08. The van der Waals surface area contributed by atoms with E-state index in [4.69, 9.17) is 14.2 Å². The van der Waals surface area contributed by atoms with Crippen molar-refractivity contribution in [2.45, 2.75) is 25.9 Å². The van der Waals surface area contributed by atoms with Crippen LogP contribution < -0.4 is 14.8 Å². The molecule has 0 fully saturated rings. The first kappa shape index (κ1) is 20.4. The number of benzene rings is 2. The monoisotopic (exact) mass is 397 g/mol. The fourth-order valence-electron chi connectivity index (χ4n) is 2.76. The molecule has 0 aliphatic carbocycles. The molecule has 0 radical (unpaired) electrons. The standard InChI is InChI=1S/C22H23NO6/c1-15-6-8-16(9-7-15)18(24)10-11-22(26)28-14-21(25)23-12-17-13-27-19-4-2-3-5-20(19)29-17/h2-9,17H,10-14H2,1H3,(H,23,25)/t17-/m1/s1. The number of fused-ring (bicyclic) bond motifs is 1. The molecule has 1 atom stereocenters. The topological polar surface area (TPSA) is 90.9 Å². The molecule has 1 aliphatic rings. The molecule has 3 rings (SSSR count). The Labute approximate surface area is 169 Å². The summed E-state index contributed by atoms with van der Waals surface area (Å²) in [5, 5.41) is 2.65. The van der Waals surface area contributed by atoms with Gasteiger partial charge in [-0.3, -0.25) is 14.4 Å². The third-order valence-corrected chi connectivity index (χ3v) is 4.39. The molecule has 2 aromatic carbocycles. The van der Waals surface area contributed by atoms with Gasteiger partial charge in [0.05, 0.1) is 13.0 Å². The van der Waals surface area contributed by atoms with Crippen LogP contribution in [0.25, 0.3) is 0 Å². The average Bonchev–Trinajstić information content (AvgIpc) is 2.75. The van der Waals surface area contributed by atoms with E-state index in [9.17, 15) is 14.4 Å². The zero-order valence-electron chi connectivity index (χ0n) is 16.2. The van der Waals surface area contributed by atoms with E-state index in [2.05, 4.69) is 5.32 Å². The zero-order valence-corrected chi connectivity index (χ0v) is 16.2. The second-order valence-corrected chi connectivity index (χ2v) is 6.75. The van der Waals surface area contributed by atoms with Crippen LogP contribution in [0, 0.1) is 6.92 Å². The molecule has 0 saturated carbocycles. The summed E-state index contributed by atoms with van der Waals surface area (Å²) in [5.41, 5.74) is 1.61. The quantitative estimate of drug-likeness (QED) is 0.544. The molecule has 0 bridgehead atoms. The van der Waals surface area contributed by atoms with Gasteiger partial charge in [-0.15, -0.1) is 0 Å². The van der Waals surface area contributed by atoms with E-state index in [0.29, 0.717) is 23.7 Å². The molecule has 1 N–H and O–H groups in total. The number of rotatable bonds is 8. The van der Waals surface area contributed by atoms with E-state index in [1.165, 1.54) is 0 Å². The predicted molar refractivity (Wildman–Crippen MR) is 105 cm³/mol. The number of ketones is 1. The van der Waals surface area contributed by atoms with Crippen molar-refractivity contribution in [2.75, 3.05) is 19.8 Å². The van der Waals surface area contributed by atoms with Crippen molar-refractivity contribution in [1.82, 2.24) is 5.32 Å². The lowest BCUT2D eigenvalue weighted by Crippen LogP contribution is -2.42. The molecular weight excluding hydrogens is 374 g/mol. The number of carbonyl (C=O) groups excluding carboxylic acids is 3. The van der Waals surface area contributed by atoms with Crippen molar-refractivity contribution in [1.29, 1.82) is 0 Å². The smallest absolute Gasteiger partial charge is 0.306 e. The Hall–Kier alpha value is -3.35. The van der Waals surface area contributed by atoms with Crippen molar-refractivity contribution in [3.63, 3.8) is 0 Å². The molecule has 0 saturated heterocycles. The van der Waals surface area contributed by atoms with Gasteiger partial charge in [0.15, 0.2) is 23.9 Å². The Kier molecular flexibility index (Phi) is 6.84. The van der Waals surface area contributed by atoms with E-state index in [1.54, 1.807) is 18.2 Å². The van der Waals surface area contributed by atoms with Crippen LogP contribution in [0.5, 0.6) is 11.5 Å². The first-order valence-electron chi connectivity index (χ1n) is 9.42. The number of para-hydroxylation sites is 2. The maximum atomic E-state index is 12.1. The first-order valence-corrected chi connectivity index (χ1v) is 9.42. The molecule has 1 amide bonds. The molecule has 0 aromatic heterocycles. The highest BCUT2D eigenvalue weighted by Gasteiger charge is 2.21. The molecule has 0 unspecified atom stereocenters. The van der Waals surface area contributed by atoms with Gasteiger partial charge in [-0.1, -0.05) is 42.0 Å². The molecule has 1 aliphatic heterocycles. The summed E-state index contributed by atoms with van der Waals surface area (Å²) in [5.74, 6) is 0.130. The molecule has 7 nitrogen and oxygen atoms in total. The molecule has 29 heavy (non-hydrogen) atoms. The van der Waals surface area contributed by atoms with E-state index in [1.807, 2.05) is 37.3 Å². The number of hydrogen-bond acceptors (Lipinski definition) is 6. The van der Waals surface area contributed by atoms with E-state index >= 15 is 0 Å². The second-order valence-electron chi connectivity index (χ2n) is 6.75. The number of amides is 1. The van der Waals surface area contributed by atoms with Gasteiger partial charge in [0.25, 0.3) is 5.91 Å². The maximum absolute atomic E-state index is 12.1. The highest BCUT2D eigenvalue weighted by molar-refractivity contribution is 5.97. The van der Waals surface area contributed by atoms with Crippen LogP contribution in [-0.2, 0) is 14.3 Å². The minimum atomic E-state index is -0.591. The van der Waals surface area contributed by atoms with Gasteiger partial charge in [0, 0.05) is 12.0 Å². The molecule has 7 heteroatoms.